The van der Waals surface area contributed by atoms with Crippen molar-refractivity contribution in [2.45, 2.75) is 12.5 Å². The fraction of sp³-hybridized carbons (Fsp3) is 0.0870. The number of rotatable bonds is 4. The van der Waals surface area contributed by atoms with Crippen molar-refractivity contribution in [3.05, 3.63) is 95.3 Å². The summed E-state index contributed by atoms with van der Waals surface area (Å²) in [5, 5.41) is 9.29. The molecular weight excluding hydrogens is 416 g/mol. The second-order valence-electron chi connectivity index (χ2n) is 6.96. The average Bonchev–Trinajstić information content (AvgIpc) is 3.44. The van der Waals surface area contributed by atoms with Crippen LogP contribution in [0.2, 0.25) is 5.02 Å². The van der Waals surface area contributed by atoms with Crippen LogP contribution in [0.15, 0.2) is 88.6 Å². The smallest absolute Gasteiger partial charge is 0.193 e. The molecule has 30 heavy (non-hydrogen) atoms. The number of aliphatic imine (C=N–C) groups is 1. The molecule has 5 nitrogen and oxygen atoms in total. The van der Waals surface area contributed by atoms with Gasteiger partial charge in [0.15, 0.2) is 10.9 Å². The van der Waals surface area contributed by atoms with E-state index in [4.69, 9.17) is 33.3 Å². The second-order valence-corrected chi connectivity index (χ2v) is 7.79. The standard InChI is InChI=1S/C23H17ClN4OS/c24-16-10-8-15(9-11-16)19-13-20(26-23(30)25-19)18-14-28(17-5-2-1-3-6-17)27-22(18)21-7-4-12-29-21/h1-12,14,20H,13H2,(H,26,30). The zero-order valence-corrected chi connectivity index (χ0v) is 17.4. The maximum Gasteiger partial charge on any atom is 0.193 e. The van der Waals surface area contributed by atoms with Gasteiger partial charge in [-0.25, -0.2) is 9.67 Å². The van der Waals surface area contributed by atoms with Gasteiger partial charge < -0.3 is 9.73 Å². The van der Waals surface area contributed by atoms with E-state index in [1.165, 1.54) is 0 Å². The molecule has 7 heteroatoms. The van der Waals surface area contributed by atoms with E-state index in [9.17, 15) is 0 Å². The Kier molecular flexibility index (Phi) is 4.94. The van der Waals surface area contributed by atoms with E-state index in [0.29, 0.717) is 22.3 Å². The number of furan rings is 1. The Morgan fingerprint density at radius 2 is 1.83 bits per heavy atom. The van der Waals surface area contributed by atoms with Gasteiger partial charge in [-0.3, -0.25) is 0 Å². The minimum absolute atomic E-state index is 0.0850. The van der Waals surface area contributed by atoms with Crippen molar-refractivity contribution in [2.75, 3.05) is 0 Å². The zero-order chi connectivity index (χ0) is 20.5. The third kappa shape index (κ3) is 3.67. The second kappa shape index (κ2) is 7.89. The Morgan fingerprint density at radius 3 is 2.57 bits per heavy atom. The van der Waals surface area contributed by atoms with Gasteiger partial charge in [0.1, 0.15) is 5.69 Å². The van der Waals surface area contributed by atoms with Gasteiger partial charge in [-0.05, 0) is 54.2 Å². The summed E-state index contributed by atoms with van der Waals surface area (Å²) < 4.78 is 7.54. The summed E-state index contributed by atoms with van der Waals surface area (Å²) in [5.74, 6) is 0.711. The molecule has 4 aromatic rings. The van der Waals surface area contributed by atoms with E-state index < -0.39 is 0 Å². The highest BCUT2D eigenvalue weighted by atomic mass is 35.5. The van der Waals surface area contributed by atoms with Gasteiger partial charge in [-0.1, -0.05) is 41.9 Å². The van der Waals surface area contributed by atoms with Crippen LogP contribution in [0.4, 0.5) is 0 Å². The summed E-state index contributed by atoms with van der Waals surface area (Å²) in [6.45, 7) is 0. The minimum Gasteiger partial charge on any atom is -0.463 e. The number of aromatic nitrogens is 2. The predicted molar refractivity (Wildman–Crippen MR) is 122 cm³/mol. The molecule has 148 valence electrons. The number of halogens is 1. The maximum atomic E-state index is 6.04. The van der Waals surface area contributed by atoms with Crippen molar-refractivity contribution < 1.29 is 4.42 Å². The molecule has 0 spiro atoms. The van der Waals surface area contributed by atoms with E-state index in [1.807, 2.05) is 77.6 Å². The van der Waals surface area contributed by atoms with Crippen LogP contribution in [-0.2, 0) is 0 Å². The van der Waals surface area contributed by atoms with Gasteiger partial charge in [0.05, 0.1) is 23.7 Å². The molecular formula is C23H17ClN4OS. The number of thiocarbonyl (C=S) groups is 1. The number of hydrogen-bond acceptors (Lipinski definition) is 3. The first-order valence-electron chi connectivity index (χ1n) is 9.50. The molecule has 1 aliphatic rings. The molecule has 3 heterocycles. The number of nitrogens with one attached hydrogen (secondary N) is 1. The van der Waals surface area contributed by atoms with Crippen molar-refractivity contribution in [3.63, 3.8) is 0 Å². The molecule has 0 aliphatic carbocycles. The highest BCUT2D eigenvalue weighted by Gasteiger charge is 2.27. The Bertz CT molecular complexity index is 1210. The van der Waals surface area contributed by atoms with E-state index in [2.05, 4.69) is 10.3 Å². The van der Waals surface area contributed by atoms with Crippen molar-refractivity contribution in [1.82, 2.24) is 15.1 Å². The van der Waals surface area contributed by atoms with Gasteiger partial charge in [-0.2, -0.15) is 5.10 Å². The van der Waals surface area contributed by atoms with Crippen molar-refractivity contribution in [2.24, 2.45) is 4.99 Å². The van der Waals surface area contributed by atoms with E-state index in [0.717, 1.165) is 28.2 Å². The number of para-hydroxylation sites is 1. The Hall–Kier alpha value is -3.22. The monoisotopic (exact) mass is 432 g/mol. The number of nitrogens with zero attached hydrogens (tertiary/aromatic N) is 3. The highest BCUT2D eigenvalue weighted by molar-refractivity contribution is 7.80. The molecule has 0 radical (unpaired) electrons. The van der Waals surface area contributed by atoms with E-state index in [-0.39, 0.29) is 6.04 Å². The fourth-order valence-electron chi connectivity index (χ4n) is 3.57. The number of benzene rings is 2. The minimum atomic E-state index is -0.0850. The zero-order valence-electron chi connectivity index (χ0n) is 15.8. The first kappa shape index (κ1) is 18.8. The summed E-state index contributed by atoms with van der Waals surface area (Å²) in [4.78, 5) is 4.56. The summed E-state index contributed by atoms with van der Waals surface area (Å²) in [5.41, 5.74) is 4.67. The summed E-state index contributed by atoms with van der Waals surface area (Å²) >= 11 is 11.5. The number of hydrogen-bond donors (Lipinski definition) is 1. The van der Waals surface area contributed by atoms with Crippen LogP contribution in [0.1, 0.15) is 23.6 Å². The van der Waals surface area contributed by atoms with Gasteiger partial charge in [0.2, 0.25) is 0 Å². The molecule has 1 aliphatic heterocycles. The third-order valence-electron chi connectivity index (χ3n) is 5.00. The van der Waals surface area contributed by atoms with Crippen LogP contribution in [0.25, 0.3) is 17.1 Å². The lowest BCUT2D eigenvalue weighted by molar-refractivity contribution is 0.575. The van der Waals surface area contributed by atoms with Gasteiger partial charge in [0.25, 0.3) is 0 Å². The van der Waals surface area contributed by atoms with Crippen molar-refractivity contribution in [1.29, 1.82) is 0 Å². The molecule has 0 saturated heterocycles. The van der Waals surface area contributed by atoms with Gasteiger partial charge >= 0.3 is 0 Å². The van der Waals surface area contributed by atoms with Crippen LogP contribution in [0, 0.1) is 0 Å². The van der Waals surface area contributed by atoms with E-state index >= 15 is 0 Å². The largest absolute Gasteiger partial charge is 0.463 e. The summed E-state index contributed by atoms with van der Waals surface area (Å²) in [7, 11) is 0. The first-order valence-corrected chi connectivity index (χ1v) is 10.3. The topological polar surface area (TPSA) is 55.4 Å². The fourth-order valence-corrected chi connectivity index (χ4v) is 3.94. The van der Waals surface area contributed by atoms with Crippen LogP contribution >= 0.6 is 23.8 Å². The van der Waals surface area contributed by atoms with Gasteiger partial charge in [-0.15, -0.1) is 0 Å². The quantitative estimate of drug-likeness (QED) is 0.427. The van der Waals surface area contributed by atoms with Crippen LogP contribution in [-0.4, -0.2) is 20.6 Å². The summed E-state index contributed by atoms with van der Waals surface area (Å²) in [6.07, 6.45) is 4.34. The Morgan fingerprint density at radius 1 is 1.03 bits per heavy atom. The highest BCUT2D eigenvalue weighted by Crippen LogP contribution is 2.32. The lowest BCUT2D eigenvalue weighted by atomic mass is 9.96. The lowest BCUT2D eigenvalue weighted by Gasteiger charge is -2.24. The normalized spacial score (nSPS) is 16.2. The van der Waals surface area contributed by atoms with Gasteiger partial charge in [0, 0.05) is 23.2 Å². The molecule has 1 atom stereocenters. The van der Waals surface area contributed by atoms with Crippen LogP contribution < -0.4 is 5.32 Å². The summed E-state index contributed by atoms with van der Waals surface area (Å²) in [6, 6.07) is 21.3. The molecule has 0 fully saturated rings. The molecule has 2 aromatic heterocycles. The lowest BCUT2D eigenvalue weighted by Crippen LogP contribution is -2.33. The maximum absolute atomic E-state index is 6.04. The third-order valence-corrected chi connectivity index (χ3v) is 5.46. The molecule has 5 rings (SSSR count). The molecule has 1 unspecified atom stereocenters. The molecule has 0 amide bonds. The van der Waals surface area contributed by atoms with Crippen LogP contribution in [0.3, 0.4) is 0 Å². The molecule has 0 saturated carbocycles. The van der Waals surface area contributed by atoms with Crippen molar-refractivity contribution >= 4 is 34.6 Å². The van der Waals surface area contributed by atoms with Crippen LogP contribution in [0.5, 0.6) is 0 Å². The molecule has 1 N–H and O–H groups in total. The first-order chi connectivity index (χ1) is 14.7. The predicted octanol–water partition coefficient (Wildman–Crippen LogP) is 5.59. The Balaban J connectivity index is 1.56. The van der Waals surface area contributed by atoms with E-state index in [1.54, 1.807) is 6.26 Å². The molecule has 0 bridgehead atoms. The van der Waals surface area contributed by atoms with Crippen molar-refractivity contribution in [3.8, 4) is 17.1 Å². The Labute approximate surface area is 184 Å². The average molecular weight is 433 g/mol. The SMILES string of the molecule is S=C1N=C(c2ccc(Cl)cc2)CC(c2cn(-c3ccccc3)nc2-c2ccco2)N1. The molecule has 2 aromatic carbocycles.